The molecule has 0 heterocycles. The number of carbonyl (C=O) groups is 1. The van der Waals surface area contributed by atoms with Gasteiger partial charge in [-0.05, 0) is 5.56 Å². The van der Waals surface area contributed by atoms with Gasteiger partial charge in [0.05, 0.1) is 0 Å². The zero-order chi connectivity index (χ0) is 14.1. The third-order valence-corrected chi connectivity index (χ3v) is 5.97. The highest BCUT2D eigenvalue weighted by atomic mass is 32.2. The molecule has 0 N–H and O–H groups in total. The van der Waals surface area contributed by atoms with Crippen LogP contribution in [-0.2, 0) is 19.4 Å². The summed E-state index contributed by atoms with van der Waals surface area (Å²) in [7, 11) is -3.94. The fourth-order valence-electron chi connectivity index (χ4n) is 2.51. The number of carbonyl (C=O) groups excluding carboxylic acids is 1. The number of allylic oxidation sites excluding steroid dienone is 3. The summed E-state index contributed by atoms with van der Waals surface area (Å²) in [4.78, 5) is 11.6. The van der Waals surface area contributed by atoms with Crippen molar-refractivity contribution >= 4 is 15.0 Å². The molecular formula is C15H16O3S. The van der Waals surface area contributed by atoms with Gasteiger partial charge in [0.1, 0.15) is 4.75 Å². The van der Waals surface area contributed by atoms with Gasteiger partial charge >= 0.3 is 0 Å². The van der Waals surface area contributed by atoms with Gasteiger partial charge in [0, 0.05) is 12.8 Å². The molecule has 0 aliphatic heterocycles. The molecule has 0 amide bonds. The first kappa shape index (κ1) is 13.7. The van der Waals surface area contributed by atoms with E-state index in [9.17, 15) is 13.2 Å². The number of benzene rings is 1. The zero-order valence-corrected chi connectivity index (χ0v) is 11.7. The average molecular weight is 276 g/mol. The monoisotopic (exact) mass is 276 g/mol. The molecule has 3 nitrogen and oxygen atoms in total. The molecule has 100 valence electrons. The Morgan fingerprint density at radius 2 is 1.79 bits per heavy atom. The van der Waals surface area contributed by atoms with E-state index in [2.05, 4.69) is 0 Å². The number of hydrogen-bond donors (Lipinski definition) is 0. The maximum atomic E-state index is 12.6. The molecule has 1 aliphatic rings. The Balaban J connectivity index is 2.76. The van der Waals surface area contributed by atoms with E-state index < -0.39 is 19.7 Å². The first-order valence-electron chi connectivity index (χ1n) is 6.09. The van der Waals surface area contributed by atoms with E-state index in [-0.39, 0.29) is 5.92 Å². The van der Waals surface area contributed by atoms with E-state index in [4.69, 9.17) is 0 Å². The molecule has 0 fully saturated rings. The second-order valence-electron chi connectivity index (χ2n) is 4.69. The minimum absolute atomic E-state index is 0.297. The van der Waals surface area contributed by atoms with Gasteiger partial charge in [0.25, 0.3) is 0 Å². The third kappa shape index (κ3) is 1.96. The van der Waals surface area contributed by atoms with Crippen LogP contribution in [0.15, 0.2) is 54.6 Å². The SMILES string of the molecule is CC(=O)S(=O)(=O)C1(c2ccccc2)C=CC=CC1C. The van der Waals surface area contributed by atoms with Crippen molar-refractivity contribution in [2.45, 2.75) is 18.6 Å². The molecule has 0 bridgehead atoms. The molecule has 2 atom stereocenters. The van der Waals surface area contributed by atoms with Gasteiger partial charge in [0.15, 0.2) is 0 Å². The van der Waals surface area contributed by atoms with Crippen LogP contribution in [0.1, 0.15) is 19.4 Å². The molecule has 0 radical (unpaired) electrons. The first-order chi connectivity index (χ1) is 8.93. The lowest BCUT2D eigenvalue weighted by molar-refractivity contribution is -0.110. The first-order valence-corrected chi connectivity index (χ1v) is 7.58. The van der Waals surface area contributed by atoms with Crippen LogP contribution in [0.3, 0.4) is 0 Å². The maximum absolute atomic E-state index is 12.6. The van der Waals surface area contributed by atoms with Crippen molar-refractivity contribution in [3.05, 3.63) is 60.2 Å². The van der Waals surface area contributed by atoms with Crippen LogP contribution in [-0.4, -0.2) is 13.5 Å². The van der Waals surface area contributed by atoms with Crippen molar-refractivity contribution in [2.75, 3.05) is 0 Å². The topological polar surface area (TPSA) is 51.2 Å². The molecule has 0 saturated carbocycles. The molecular weight excluding hydrogens is 260 g/mol. The van der Waals surface area contributed by atoms with E-state index in [1.54, 1.807) is 36.4 Å². The van der Waals surface area contributed by atoms with Gasteiger partial charge in [-0.25, -0.2) is 8.42 Å². The van der Waals surface area contributed by atoms with Crippen molar-refractivity contribution < 1.29 is 13.2 Å². The number of rotatable bonds is 2. The van der Waals surface area contributed by atoms with E-state index in [1.165, 1.54) is 0 Å². The van der Waals surface area contributed by atoms with Crippen LogP contribution < -0.4 is 0 Å². The van der Waals surface area contributed by atoms with Crippen molar-refractivity contribution in [2.24, 2.45) is 5.92 Å². The summed E-state index contributed by atoms with van der Waals surface area (Å²) >= 11 is 0. The second kappa shape index (κ2) is 4.78. The van der Waals surface area contributed by atoms with Gasteiger partial charge in [-0.3, -0.25) is 4.79 Å². The predicted octanol–water partition coefficient (Wildman–Crippen LogP) is 2.61. The molecule has 0 saturated heterocycles. The number of hydrogen-bond acceptors (Lipinski definition) is 3. The summed E-state index contributed by atoms with van der Waals surface area (Å²) < 4.78 is 23.9. The van der Waals surface area contributed by atoms with Crippen LogP contribution in [0.25, 0.3) is 0 Å². The van der Waals surface area contributed by atoms with Crippen LogP contribution in [0.4, 0.5) is 0 Å². The standard InChI is InChI=1S/C15H16O3S/c1-12-8-6-7-11-15(12,19(17,18)13(2)16)14-9-4-3-5-10-14/h3-12H,1-2H3. The van der Waals surface area contributed by atoms with Gasteiger partial charge < -0.3 is 0 Å². The Morgan fingerprint density at radius 3 is 2.32 bits per heavy atom. The van der Waals surface area contributed by atoms with Gasteiger partial charge in [-0.15, -0.1) is 0 Å². The predicted molar refractivity (Wildman–Crippen MR) is 75.2 cm³/mol. The average Bonchev–Trinajstić information content (AvgIpc) is 2.40. The Kier molecular flexibility index (Phi) is 3.45. The van der Waals surface area contributed by atoms with Crippen molar-refractivity contribution in [1.82, 2.24) is 0 Å². The largest absolute Gasteiger partial charge is 0.282 e. The lowest BCUT2D eigenvalue weighted by Gasteiger charge is -2.35. The van der Waals surface area contributed by atoms with E-state index >= 15 is 0 Å². The molecule has 0 aromatic heterocycles. The van der Waals surface area contributed by atoms with E-state index in [0.29, 0.717) is 5.56 Å². The lowest BCUT2D eigenvalue weighted by Crippen LogP contribution is -2.43. The molecule has 0 spiro atoms. The summed E-state index contributed by atoms with van der Waals surface area (Å²) in [6.07, 6.45) is 6.92. The van der Waals surface area contributed by atoms with Crippen molar-refractivity contribution in [3.63, 3.8) is 0 Å². The smallest absolute Gasteiger partial charge is 0.244 e. The highest BCUT2D eigenvalue weighted by molar-refractivity contribution is 8.07. The highest BCUT2D eigenvalue weighted by Crippen LogP contribution is 2.42. The lowest BCUT2D eigenvalue weighted by atomic mass is 9.83. The van der Waals surface area contributed by atoms with Crippen LogP contribution in [0.5, 0.6) is 0 Å². The summed E-state index contributed by atoms with van der Waals surface area (Å²) in [6.45, 7) is 2.92. The van der Waals surface area contributed by atoms with Crippen LogP contribution in [0.2, 0.25) is 0 Å². The maximum Gasteiger partial charge on any atom is 0.244 e. The zero-order valence-electron chi connectivity index (χ0n) is 10.9. The normalized spacial score (nSPS) is 26.3. The minimum atomic E-state index is -3.94. The third-order valence-electron chi connectivity index (χ3n) is 3.58. The molecule has 2 unspecified atom stereocenters. The van der Waals surface area contributed by atoms with Gasteiger partial charge in [-0.1, -0.05) is 61.6 Å². The van der Waals surface area contributed by atoms with Crippen LogP contribution >= 0.6 is 0 Å². The fraction of sp³-hybridized carbons (Fsp3) is 0.267. The summed E-state index contributed by atoms with van der Waals surface area (Å²) in [6, 6.07) is 8.89. The second-order valence-corrected chi connectivity index (χ2v) is 6.94. The van der Waals surface area contributed by atoms with Crippen LogP contribution in [0, 0.1) is 5.92 Å². The molecule has 19 heavy (non-hydrogen) atoms. The Hall–Kier alpha value is -1.68. The Labute approximate surface area is 113 Å². The Bertz CT molecular complexity index is 641. The van der Waals surface area contributed by atoms with Gasteiger partial charge in [-0.2, -0.15) is 0 Å². The molecule has 1 aromatic carbocycles. The van der Waals surface area contributed by atoms with E-state index in [1.807, 2.05) is 25.1 Å². The summed E-state index contributed by atoms with van der Waals surface area (Å²) in [5.41, 5.74) is 0.623. The fourth-order valence-corrected chi connectivity index (χ4v) is 4.26. The van der Waals surface area contributed by atoms with Gasteiger partial charge in [0.2, 0.25) is 15.0 Å². The summed E-state index contributed by atoms with van der Waals surface area (Å²) in [5.74, 6) is -0.297. The molecule has 1 aromatic rings. The van der Waals surface area contributed by atoms with E-state index in [0.717, 1.165) is 6.92 Å². The van der Waals surface area contributed by atoms with Crippen molar-refractivity contribution in [1.29, 1.82) is 0 Å². The molecule has 4 heteroatoms. The summed E-state index contributed by atoms with van der Waals surface area (Å²) in [5, 5.41) is -0.803. The number of sulfone groups is 1. The Morgan fingerprint density at radius 1 is 1.16 bits per heavy atom. The highest BCUT2D eigenvalue weighted by Gasteiger charge is 2.49. The van der Waals surface area contributed by atoms with Crippen molar-refractivity contribution in [3.8, 4) is 0 Å². The minimum Gasteiger partial charge on any atom is -0.282 e. The quantitative estimate of drug-likeness (QED) is 0.834. The molecule has 2 rings (SSSR count). The molecule has 1 aliphatic carbocycles.